The number of aromatic nitrogens is 1. The van der Waals surface area contributed by atoms with Gasteiger partial charge in [0.15, 0.2) is 0 Å². The first kappa shape index (κ1) is 12.0. The molecule has 0 radical (unpaired) electrons. The summed E-state index contributed by atoms with van der Waals surface area (Å²) in [5.41, 5.74) is 1.04. The van der Waals surface area contributed by atoms with Crippen molar-refractivity contribution in [3.8, 4) is 0 Å². The Hall–Kier alpha value is -1.03. The summed E-state index contributed by atoms with van der Waals surface area (Å²) in [5.74, 6) is 0.804. The first-order valence-electron chi connectivity index (χ1n) is 7.28. The molecular weight excluding hydrogens is 226 g/mol. The Morgan fingerprint density at radius 2 is 2.33 bits per heavy atom. The van der Waals surface area contributed by atoms with E-state index in [2.05, 4.69) is 22.1 Å². The average molecular weight is 249 g/mol. The van der Waals surface area contributed by atoms with E-state index in [9.17, 15) is 0 Å². The number of rotatable bonds is 5. The van der Waals surface area contributed by atoms with Crippen molar-refractivity contribution in [2.75, 3.05) is 18.0 Å². The van der Waals surface area contributed by atoms with Crippen molar-refractivity contribution in [1.29, 1.82) is 0 Å². The molecule has 1 unspecified atom stereocenters. The molecule has 0 amide bonds. The summed E-state index contributed by atoms with van der Waals surface area (Å²) < 4.78 is 5.62. The van der Waals surface area contributed by atoms with Gasteiger partial charge in [0.1, 0.15) is 6.26 Å². The summed E-state index contributed by atoms with van der Waals surface area (Å²) in [6.07, 6.45) is 8.30. The van der Waals surface area contributed by atoms with Crippen LogP contribution in [0.25, 0.3) is 0 Å². The van der Waals surface area contributed by atoms with Crippen LogP contribution in [0.4, 0.5) is 6.01 Å². The lowest BCUT2D eigenvalue weighted by Gasteiger charge is -2.30. The highest BCUT2D eigenvalue weighted by Gasteiger charge is 2.23. The number of nitrogens with one attached hydrogen (secondary N) is 1. The van der Waals surface area contributed by atoms with Crippen LogP contribution in [0, 0.1) is 5.92 Å². The molecule has 1 aromatic heterocycles. The molecule has 0 aromatic carbocycles. The van der Waals surface area contributed by atoms with Crippen molar-refractivity contribution in [3.05, 3.63) is 12.0 Å². The van der Waals surface area contributed by atoms with Crippen molar-refractivity contribution in [2.24, 2.45) is 5.92 Å². The number of hydrogen-bond acceptors (Lipinski definition) is 4. The van der Waals surface area contributed by atoms with Crippen LogP contribution in [0.3, 0.4) is 0 Å². The van der Waals surface area contributed by atoms with Crippen molar-refractivity contribution < 1.29 is 4.42 Å². The zero-order valence-electron chi connectivity index (χ0n) is 11.2. The predicted octanol–water partition coefficient (Wildman–Crippen LogP) is 2.55. The van der Waals surface area contributed by atoms with Gasteiger partial charge < -0.3 is 14.6 Å². The molecule has 1 aliphatic carbocycles. The van der Waals surface area contributed by atoms with E-state index in [-0.39, 0.29) is 0 Å². The van der Waals surface area contributed by atoms with Crippen LogP contribution in [0.2, 0.25) is 0 Å². The van der Waals surface area contributed by atoms with E-state index < -0.39 is 0 Å². The first-order valence-corrected chi connectivity index (χ1v) is 7.28. The zero-order chi connectivity index (χ0) is 12.4. The summed E-state index contributed by atoms with van der Waals surface area (Å²) >= 11 is 0. The van der Waals surface area contributed by atoms with Gasteiger partial charge in [-0.25, -0.2) is 0 Å². The molecule has 2 fully saturated rings. The fourth-order valence-corrected chi connectivity index (χ4v) is 2.63. The molecule has 4 nitrogen and oxygen atoms in total. The van der Waals surface area contributed by atoms with Gasteiger partial charge in [-0.3, -0.25) is 0 Å². The van der Waals surface area contributed by atoms with Gasteiger partial charge in [0.05, 0.1) is 5.69 Å². The number of piperidine rings is 1. The Labute approximate surface area is 109 Å². The van der Waals surface area contributed by atoms with E-state index >= 15 is 0 Å². The molecule has 1 saturated heterocycles. The third-order valence-corrected chi connectivity index (χ3v) is 4.06. The van der Waals surface area contributed by atoms with Gasteiger partial charge in [-0.05, 0) is 31.6 Å². The van der Waals surface area contributed by atoms with Crippen molar-refractivity contribution in [3.63, 3.8) is 0 Å². The smallest absolute Gasteiger partial charge is 0.297 e. The van der Waals surface area contributed by atoms with Gasteiger partial charge in [0.2, 0.25) is 0 Å². The molecule has 1 aliphatic heterocycles. The number of oxazole rings is 1. The highest BCUT2D eigenvalue weighted by atomic mass is 16.4. The molecule has 1 atom stereocenters. The fraction of sp³-hybridized carbons (Fsp3) is 0.786. The highest BCUT2D eigenvalue weighted by Crippen LogP contribution is 2.24. The van der Waals surface area contributed by atoms with Gasteiger partial charge in [-0.2, -0.15) is 4.98 Å². The van der Waals surface area contributed by atoms with Gasteiger partial charge in [0, 0.05) is 25.7 Å². The summed E-state index contributed by atoms with van der Waals surface area (Å²) in [7, 11) is 0. The minimum absolute atomic E-state index is 0.726. The van der Waals surface area contributed by atoms with Crippen LogP contribution in [0.15, 0.2) is 10.7 Å². The number of anilines is 1. The van der Waals surface area contributed by atoms with E-state index in [0.717, 1.165) is 43.3 Å². The van der Waals surface area contributed by atoms with Crippen LogP contribution in [-0.4, -0.2) is 24.1 Å². The summed E-state index contributed by atoms with van der Waals surface area (Å²) in [4.78, 5) is 6.90. The topological polar surface area (TPSA) is 41.3 Å². The summed E-state index contributed by atoms with van der Waals surface area (Å²) in [5, 5.41) is 3.47. The molecule has 1 aromatic rings. The number of nitrogens with zero attached hydrogens (tertiary/aromatic N) is 2. The Balaban J connectivity index is 1.57. The second kappa shape index (κ2) is 5.31. The summed E-state index contributed by atoms with van der Waals surface area (Å²) in [6, 6.07) is 1.55. The normalized spacial score (nSPS) is 24.5. The molecule has 1 saturated carbocycles. The van der Waals surface area contributed by atoms with Crippen LogP contribution in [-0.2, 0) is 6.54 Å². The Morgan fingerprint density at radius 1 is 1.44 bits per heavy atom. The second-order valence-corrected chi connectivity index (χ2v) is 5.64. The predicted molar refractivity (Wildman–Crippen MR) is 71.6 cm³/mol. The molecule has 3 rings (SSSR count). The lowest BCUT2D eigenvalue weighted by atomic mass is 9.96. The first-order chi connectivity index (χ1) is 8.85. The van der Waals surface area contributed by atoms with E-state index in [4.69, 9.17) is 4.42 Å². The SMILES string of the molecule is CCC1CCCN(c2nc(CNC3CC3)co2)C1. The maximum atomic E-state index is 5.62. The van der Waals surface area contributed by atoms with E-state index in [1.165, 1.54) is 32.1 Å². The maximum absolute atomic E-state index is 5.62. The zero-order valence-corrected chi connectivity index (χ0v) is 11.2. The molecule has 0 spiro atoms. The molecule has 2 heterocycles. The molecule has 1 N–H and O–H groups in total. The largest absolute Gasteiger partial charge is 0.432 e. The van der Waals surface area contributed by atoms with Gasteiger partial charge >= 0.3 is 0 Å². The minimum atomic E-state index is 0.726. The highest BCUT2D eigenvalue weighted by molar-refractivity contribution is 5.27. The van der Waals surface area contributed by atoms with Crippen molar-refractivity contribution in [2.45, 2.75) is 51.6 Å². The van der Waals surface area contributed by atoms with Crippen LogP contribution >= 0.6 is 0 Å². The Bertz CT molecular complexity index is 386. The Morgan fingerprint density at radius 3 is 3.11 bits per heavy atom. The quantitative estimate of drug-likeness (QED) is 0.870. The Kier molecular flexibility index (Phi) is 3.55. The lowest BCUT2D eigenvalue weighted by molar-refractivity contribution is 0.384. The minimum Gasteiger partial charge on any atom is -0.432 e. The molecule has 2 aliphatic rings. The number of hydrogen-bond donors (Lipinski definition) is 1. The van der Waals surface area contributed by atoms with Crippen LogP contribution in [0.1, 0.15) is 44.7 Å². The molecular formula is C14H23N3O. The molecule has 4 heteroatoms. The van der Waals surface area contributed by atoms with Gasteiger partial charge in [-0.15, -0.1) is 0 Å². The summed E-state index contributed by atoms with van der Waals surface area (Å²) in [6.45, 7) is 5.31. The van der Waals surface area contributed by atoms with Crippen LogP contribution < -0.4 is 10.2 Å². The molecule has 18 heavy (non-hydrogen) atoms. The van der Waals surface area contributed by atoms with Crippen LogP contribution in [0.5, 0.6) is 0 Å². The van der Waals surface area contributed by atoms with Crippen molar-refractivity contribution >= 4 is 6.01 Å². The lowest BCUT2D eigenvalue weighted by Crippen LogP contribution is -2.35. The van der Waals surface area contributed by atoms with E-state index in [0.29, 0.717) is 0 Å². The molecule has 100 valence electrons. The second-order valence-electron chi connectivity index (χ2n) is 5.64. The van der Waals surface area contributed by atoms with E-state index in [1.54, 1.807) is 6.26 Å². The monoisotopic (exact) mass is 249 g/mol. The third kappa shape index (κ3) is 2.86. The van der Waals surface area contributed by atoms with Gasteiger partial charge in [0.25, 0.3) is 6.01 Å². The maximum Gasteiger partial charge on any atom is 0.297 e. The standard InChI is InChI=1S/C14H23N3O/c1-2-11-4-3-7-17(9-11)14-16-13(10-18-14)8-15-12-5-6-12/h10-12,15H,2-9H2,1H3. The fourth-order valence-electron chi connectivity index (χ4n) is 2.63. The van der Waals surface area contributed by atoms with Crippen molar-refractivity contribution in [1.82, 2.24) is 10.3 Å². The van der Waals surface area contributed by atoms with Gasteiger partial charge in [-0.1, -0.05) is 13.3 Å². The van der Waals surface area contributed by atoms with E-state index in [1.807, 2.05) is 0 Å². The average Bonchev–Trinajstić information content (AvgIpc) is 3.13. The third-order valence-electron chi connectivity index (χ3n) is 4.06. The molecule has 0 bridgehead atoms.